The van der Waals surface area contributed by atoms with Crippen molar-refractivity contribution in [1.29, 1.82) is 0 Å². The summed E-state index contributed by atoms with van der Waals surface area (Å²) in [5.41, 5.74) is 8.11. The molecule has 0 aliphatic heterocycles. The highest BCUT2D eigenvalue weighted by Crippen LogP contribution is 2.13. The summed E-state index contributed by atoms with van der Waals surface area (Å²) in [6, 6.07) is 15.1. The lowest BCUT2D eigenvalue weighted by molar-refractivity contribution is 0.0938. The number of amides is 1. The van der Waals surface area contributed by atoms with E-state index in [1.807, 2.05) is 31.2 Å². The molecule has 2 aromatic carbocycles. The Labute approximate surface area is 131 Å². The predicted octanol–water partition coefficient (Wildman–Crippen LogP) is 3.03. The standard InChI is InChI=1S/C18H22N2O2/c1-13(6-7-14-8-10-17(22-2)11-9-14)20-18(21)15-4-3-5-16(19)12-15/h3-5,8-13H,6-7,19H2,1-2H3,(H,20,21). The number of carbonyl (C=O) groups excluding carboxylic acids is 1. The normalized spacial score (nSPS) is 11.7. The molecule has 1 atom stereocenters. The molecule has 22 heavy (non-hydrogen) atoms. The van der Waals surface area contributed by atoms with Crippen molar-refractivity contribution in [1.82, 2.24) is 5.32 Å². The van der Waals surface area contributed by atoms with Gasteiger partial charge in [-0.15, -0.1) is 0 Å². The van der Waals surface area contributed by atoms with Gasteiger partial charge in [0.2, 0.25) is 0 Å². The number of benzene rings is 2. The van der Waals surface area contributed by atoms with Gasteiger partial charge in [-0.05, 0) is 55.7 Å². The van der Waals surface area contributed by atoms with Gasteiger partial charge in [-0.3, -0.25) is 4.79 Å². The summed E-state index contributed by atoms with van der Waals surface area (Å²) in [6.07, 6.45) is 1.78. The van der Waals surface area contributed by atoms with E-state index >= 15 is 0 Å². The number of aryl methyl sites for hydroxylation is 1. The van der Waals surface area contributed by atoms with Gasteiger partial charge in [0.1, 0.15) is 5.75 Å². The van der Waals surface area contributed by atoms with Crippen molar-refractivity contribution in [3.63, 3.8) is 0 Å². The van der Waals surface area contributed by atoms with Gasteiger partial charge in [0.15, 0.2) is 0 Å². The van der Waals surface area contributed by atoms with Crippen LogP contribution in [0.2, 0.25) is 0 Å². The lowest BCUT2D eigenvalue weighted by Crippen LogP contribution is -2.32. The molecule has 4 nitrogen and oxygen atoms in total. The van der Waals surface area contributed by atoms with Crippen LogP contribution in [0.1, 0.15) is 29.3 Å². The highest BCUT2D eigenvalue weighted by molar-refractivity contribution is 5.95. The van der Waals surface area contributed by atoms with E-state index in [9.17, 15) is 4.79 Å². The van der Waals surface area contributed by atoms with Gasteiger partial charge in [-0.2, -0.15) is 0 Å². The van der Waals surface area contributed by atoms with Crippen LogP contribution in [0.25, 0.3) is 0 Å². The molecule has 3 N–H and O–H groups in total. The predicted molar refractivity (Wildman–Crippen MR) is 89.1 cm³/mol. The molecule has 0 aromatic heterocycles. The van der Waals surface area contributed by atoms with Crippen molar-refractivity contribution in [3.05, 3.63) is 59.7 Å². The van der Waals surface area contributed by atoms with Gasteiger partial charge in [0, 0.05) is 17.3 Å². The number of anilines is 1. The number of methoxy groups -OCH3 is 1. The highest BCUT2D eigenvalue weighted by Gasteiger charge is 2.10. The summed E-state index contributed by atoms with van der Waals surface area (Å²) >= 11 is 0. The van der Waals surface area contributed by atoms with Crippen molar-refractivity contribution in [2.75, 3.05) is 12.8 Å². The summed E-state index contributed by atoms with van der Waals surface area (Å²) in [7, 11) is 1.66. The van der Waals surface area contributed by atoms with Crippen molar-refractivity contribution < 1.29 is 9.53 Å². The maximum absolute atomic E-state index is 12.1. The van der Waals surface area contributed by atoms with Gasteiger partial charge in [-0.1, -0.05) is 18.2 Å². The molecule has 0 aliphatic carbocycles. The molecular formula is C18H22N2O2. The molecule has 0 fully saturated rings. The summed E-state index contributed by atoms with van der Waals surface area (Å²) < 4.78 is 5.14. The lowest BCUT2D eigenvalue weighted by atomic mass is 10.1. The molecule has 1 unspecified atom stereocenters. The average Bonchev–Trinajstić information content (AvgIpc) is 2.53. The summed E-state index contributed by atoms with van der Waals surface area (Å²) in [4.78, 5) is 12.1. The Morgan fingerprint density at radius 3 is 2.59 bits per heavy atom. The third kappa shape index (κ3) is 4.52. The first kappa shape index (κ1) is 15.9. The third-order valence-electron chi connectivity index (χ3n) is 3.55. The van der Waals surface area contributed by atoms with Gasteiger partial charge >= 0.3 is 0 Å². The molecule has 116 valence electrons. The van der Waals surface area contributed by atoms with Crippen LogP contribution in [-0.2, 0) is 6.42 Å². The first-order valence-electron chi connectivity index (χ1n) is 7.38. The molecule has 0 radical (unpaired) electrons. The highest BCUT2D eigenvalue weighted by atomic mass is 16.5. The maximum atomic E-state index is 12.1. The van der Waals surface area contributed by atoms with Crippen molar-refractivity contribution >= 4 is 11.6 Å². The van der Waals surface area contributed by atoms with Crippen molar-refractivity contribution in [2.45, 2.75) is 25.8 Å². The first-order valence-corrected chi connectivity index (χ1v) is 7.38. The second-order valence-electron chi connectivity index (χ2n) is 5.39. The van der Waals surface area contributed by atoms with Crippen LogP contribution in [0.5, 0.6) is 5.75 Å². The lowest BCUT2D eigenvalue weighted by Gasteiger charge is -2.14. The zero-order valence-corrected chi connectivity index (χ0v) is 13.0. The van der Waals surface area contributed by atoms with Crippen LogP contribution in [0.3, 0.4) is 0 Å². The number of rotatable bonds is 6. The van der Waals surface area contributed by atoms with E-state index < -0.39 is 0 Å². The Kier molecular flexibility index (Phi) is 5.42. The number of nitrogen functional groups attached to an aromatic ring is 1. The Hall–Kier alpha value is -2.49. The first-order chi connectivity index (χ1) is 10.6. The largest absolute Gasteiger partial charge is 0.497 e. The fraction of sp³-hybridized carbons (Fsp3) is 0.278. The summed E-state index contributed by atoms with van der Waals surface area (Å²) in [5, 5.41) is 3.00. The molecule has 1 amide bonds. The zero-order chi connectivity index (χ0) is 15.9. The molecule has 2 rings (SSSR count). The van der Waals surface area contributed by atoms with Gasteiger partial charge in [0.05, 0.1) is 7.11 Å². The Morgan fingerprint density at radius 1 is 1.23 bits per heavy atom. The van der Waals surface area contributed by atoms with Crippen molar-refractivity contribution in [3.8, 4) is 5.75 Å². The van der Waals surface area contributed by atoms with E-state index in [1.54, 1.807) is 31.4 Å². The molecule has 0 saturated heterocycles. The number of ether oxygens (including phenoxy) is 1. The van der Waals surface area contributed by atoms with E-state index in [0.29, 0.717) is 11.3 Å². The van der Waals surface area contributed by atoms with E-state index in [0.717, 1.165) is 18.6 Å². The van der Waals surface area contributed by atoms with E-state index in [2.05, 4.69) is 5.32 Å². The Balaban J connectivity index is 1.84. The molecular weight excluding hydrogens is 276 g/mol. The third-order valence-corrected chi connectivity index (χ3v) is 3.55. The SMILES string of the molecule is COc1ccc(CCC(C)NC(=O)c2cccc(N)c2)cc1. The average molecular weight is 298 g/mol. The van der Waals surface area contributed by atoms with E-state index in [4.69, 9.17) is 10.5 Å². The molecule has 0 heterocycles. The van der Waals surface area contributed by atoms with Crippen molar-refractivity contribution in [2.24, 2.45) is 0 Å². The number of hydrogen-bond acceptors (Lipinski definition) is 3. The van der Waals surface area contributed by atoms with Crippen LogP contribution in [-0.4, -0.2) is 19.1 Å². The Morgan fingerprint density at radius 2 is 1.95 bits per heavy atom. The second kappa shape index (κ2) is 7.50. The minimum absolute atomic E-state index is 0.0884. The fourth-order valence-electron chi connectivity index (χ4n) is 2.23. The van der Waals surface area contributed by atoms with Crippen LogP contribution >= 0.6 is 0 Å². The maximum Gasteiger partial charge on any atom is 0.251 e. The van der Waals surface area contributed by atoms with Crippen LogP contribution in [0.15, 0.2) is 48.5 Å². The molecule has 0 bridgehead atoms. The quantitative estimate of drug-likeness (QED) is 0.806. The van der Waals surface area contributed by atoms with E-state index in [-0.39, 0.29) is 11.9 Å². The monoisotopic (exact) mass is 298 g/mol. The zero-order valence-electron chi connectivity index (χ0n) is 13.0. The smallest absolute Gasteiger partial charge is 0.251 e. The van der Waals surface area contributed by atoms with Crippen LogP contribution in [0, 0.1) is 0 Å². The van der Waals surface area contributed by atoms with Gasteiger partial charge in [0.25, 0.3) is 5.91 Å². The summed E-state index contributed by atoms with van der Waals surface area (Å²) in [5.74, 6) is 0.765. The minimum atomic E-state index is -0.0884. The minimum Gasteiger partial charge on any atom is -0.497 e. The van der Waals surface area contributed by atoms with Gasteiger partial charge in [-0.25, -0.2) is 0 Å². The van der Waals surface area contributed by atoms with E-state index in [1.165, 1.54) is 5.56 Å². The summed E-state index contributed by atoms with van der Waals surface area (Å²) in [6.45, 7) is 2.01. The number of carbonyl (C=O) groups is 1. The fourth-order valence-corrected chi connectivity index (χ4v) is 2.23. The van der Waals surface area contributed by atoms with Crippen LogP contribution in [0.4, 0.5) is 5.69 Å². The number of hydrogen-bond donors (Lipinski definition) is 2. The number of nitrogens with one attached hydrogen (secondary N) is 1. The molecule has 0 aliphatic rings. The van der Waals surface area contributed by atoms with Gasteiger partial charge < -0.3 is 15.8 Å². The number of nitrogens with two attached hydrogens (primary N) is 1. The topological polar surface area (TPSA) is 64.3 Å². The molecule has 2 aromatic rings. The second-order valence-corrected chi connectivity index (χ2v) is 5.39. The molecule has 0 saturated carbocycles. The molecule has 4 heteroatoms. The Bertz CT molecular complexity index is 623. The van der Waals surface area contributed by atoms with Crippen LogP contribution < -0.4 is 15.8 Å². The molecule has 0 spiro atoms.